The summed E-state index contributed by atoms with van der Waals surface area (Å²) >= 11 is 5.84. The van der Waals surface area contributed by atoms with E-state index in [-0.39, 0.29) is 18.0 Å². The van der Waals surface area contributed by atoms with Crippen LogP contribution in [-0.2, 0) is 4.74 Å². The monoisotopic (exact) mass is 319 g/mol. The van der Waals surface area contributed by atoms with E-state index in [0.717, 1.165) is 0 Å². The fraction of sp³-hybridized carbons (Fsp3) is 0.133. The van der Waals surface area contributed by atoms with E-state index in [4.69, 9.17) is 16.3 Å². The molecule has 2 rings (SSSR count). The highest BCUT2D eigenvalue weighted by atomic mass is 35.5. The lowest BCUT2D eigenvalue weighted by molar-refractivity contribution is 0.0527. The number of amides is 2. The predicted molar refractivity (Wildman–Crippen MR) is 84.3 cm³/mol. The largest absolute Gasteiger partial charge is 0.462 e. The number of rotatable bonds is 4. The van der Waals surface area contributed by atoms with Gasteiger partial charge in [-0.25, -0.2) is 14.6 Å². The minimum absolute atomic E-state index is 0.125. The van der Waals surface area contributed by atoms with Crippen molar-refractivity contribution >= 4 is 35.1 Å². The SMILES string of the molecule is CCOC(=O)c1cccnc1NC(=O)Nc1cccc(Cl)c1. The number of ether oxygens (including phenoxy) is 1. The smallest absolute Gasteiger partial charge is 0.341 e. The van der Waals surface area contributed by atoms with Gasteiger partial charge in [0, 0.05) is 16.9 Å². The van der Waals surface area contributed by atoms with Crippen molar-refractivity contribution in [2.75, 3.05) is 17.2 Å². The third kappa shape index (κ3) is 4.20. The number of hydrogen-bond acceptors (Lipinski definition) is 4. The van der Waals surface area contributed by atoms with Gasteiger partial charge in [-0.15, -0.1) is 0 Å². The molecule has 0 atom stereocenters. The molecule has 0 fully saturated rings. The predicted octanol–water partition coefficient (Wildman–Crippen LogP) is 3.56. The second-order valence-corrected chi connectivity index (χ2v) is 4.65. The lowest BCUT2D eigenvalue weighted by Gasteiger charge is -2.10. The van der Waals surface area contributed by atoms with E-state index in [1.54, 1.807) is 37.3 Å². The third-order valence-corrected chi connectivity index (χ3v) is 2.85. The molecule has 114 valence electrons. The molecule has 0 saturated heterocycles. The Hall–Kier alpha value is -2.60. The van der Waals surface area contributed by atoms with Gasteiger partial charge in [0.2, 0.25) is 0 Å². The van der Waals surface area contributed by atoms with Gasteiger partial charge in [0.05, 0.1) is 6.61 Å². The number of nitrogens with zero attached hydrogens (tertiary/aromatic N) is 1. The molecule has 22 heavy (non-hydrogen) atoms. The molecule has 0 aliphatic carbocycles. The topological polar surface area (TPSA) is 80.3 Å². The molecule has 0 aliphatic heterocycles. The van der Waals surface area contributed by atoms with Crippen molar-refractivity contribution in [2.45, 2.75) is 6.92 Å². The molecular weight excluding hydrogens is 306 g/mol. The van der Waals surface area contributed by atoms with Gasteiger partial charge in [-0.1, -0.05) is 17.7 Å². The number of anilines is 2. The Morgan fingerprint density at radius 3 is 2.77 bits per heavy atom. The minimum Gasteiger partial charge on any atom is -0.462 e. The van der Waals surface area contributed by atoms with Crippen LogP contribution >= 0.6 is 11.6 Å². The highest BCUT2D eigenvalue weighted by Crippen LogP contribution is 2.16. The molecule has 0 saturated carbocycles. The average molecular weight is 320 g/mol. The molecule has 0 unspecified atom stereocenters. The number of carbonyl (C=O) groups excluding carboxylic acids is 2. The summed E-state index contributed by atoms with van der Waals surface area (Å²) in [7, 11) is 0. The highest BCUT2D eigenvalue weighted by molar-refractivity contribution is 6.30. The Labute approximate surface area is 132 Å². The van der Waals surface area contributed by atoms with Gasteiger partial charge < -0.3 is 10.1 Å². The van der Waals surface area contributed by atoms with Crippen molar-refractivity contribution in [3.8, 4) is 0 Å². The zero-order valence-corrected chi connectivity index (χ0v) is 12.6. The lowest BCUT2D eigenvalue weighted by atomic mass is 10.2. The molecule has 0 bridgehead atoms. The molecule has 2 N–H and O–H groups in total. The Kier molecular flexibility index (Phi) is 5.32. The van der Waals surface area contributed by atoms with E-state index in [1.807, 2.05) is 0 Å². The van der Waals surface area contributed by atoms with Crippen molar-refractivity contribution in [3.63, 3.8) is 0 Å². The van der Waals surface area contributed by atoms with Crippen LogP contribution in [0.2, 0.25) is 5.02 Å². The second kappa shape index (κ2) is 7.42. The van der Waals surface area contributed by atoms with Gasteiger partial charge in [-0.05, 0) is 37.3 Å². The summed E-state index contributed by atoms with van der Waals surface area (Å²) in [4.78, 5) is 27.7. The highest BCUT2D eigenvalue weighted by Gasteiger charge is 2.15. The van der Waals surface area contributed by atoms with E-state index in [2.05, 4.69) is 15.6 Å². The number of hydrogen-bond donors (Lipinski definition) is 2. The summed E-state index contributed by atoms with van der Waals surface area (Å²) in [5, 5.41) is 5.62. The van der Waals surface area contributed by atoms with E-state index >= 15 is 0 Å². The molecule has 2 amide bonds. The van der Waals surface area contributed by atoms with Crippen molar-refractivity contribution in [3.05, 3.63) is 53.2 Å². The molecule has 1 aromatic carbocycles. The number of urea groups is 1. The fourth-order valence-electron chi connectivity index (χ4n) is 1.71. The number of halogens is 1. The maximum atomic E-state index is 12.0. The van der Waals surface area contributed by atoms with Crippen molar-refractivity contribution in [2.24, 2.45) is 0 Å². The molecular formula is C15H14ClN3O3. The van der Waals surface area contributed by atoms with Gasteiger partial charge in [-0.2, -0.15) is 0 Å². The molecule has 1 heterocycles. The zero-order valence-electron chi connectivity index (χ0n) is 11.8. The van der Waals surface area contributed by atoms with E-state index in [9.17, 15) is 9.59 Å². The Balaban J connectivity index is 2.10. The first-order valence-corrected chi connectivity index (χ1v) is 6.93. The molecule has 6 nitrogen and oxygen atoms in total. The third-order valence-electron chi connectivity index (χ3n) is 2.62. The summed E-state index contributed by atoms with van der Waals surface area (Å²) in [5.74, 6) is -0.422. The number of nitrogens with one attached hydrogen (secondary N) is 2. The van der Waals surface area contributed by atoms with Crippen LogP contribution in [0.3, 0.4) is 0 Å². The van der Waals surface area contributed by atoms with Gasteiger partial charge in [0.1, 0.15) is 11.4 Å². The summed E-state index contributed by atoms with van der Waals surface area (Å²) in [6.07, 6.45) is 1.47. The van der Waals surface area contributed by atoms with E-state index in [1.165, 1.54) is 12.3 Å². The number of benzene rings is 1. The summed E-state index contributed by atoms with van der Waals surface area (Å²) in [6, 6.07) is 9.28. The van der Waals surface area contributed by atoms with Gasteiger partial charge in [0.25, 0.3) is 0 Å². The van der Waals surface area contributed by atoms with Crippen LogP contribution in [0.15, 0.2) is 42.6 Å². The van der Waals surface area contributed by atoms with E-state index in [0.29, 0.717) is 10.7 Å². The second-order valence-electron chi connectivity index (χ2n) is 4.21. The lowest BCUT2D eigenvalue weighted by Crippen LogP contribution is -2.22. The summed E-state index contributed by atoms with van der Waals surface area (Å²) in [6.45, 7) is 1.94. The normalized spacial score (nSPS) is 9.91. The van der Waals surface area contributed by atoms with Crippen LogP contribution in [0.4, 0.5) is 16.3 Å². The Morgan fingerprint density at radius 2 is 2.05 bits per heavy atom. The maximum Gasteiger partial charge on any atom is 0.341 e. The summed E-state index contributed by atoms with van der Waals surface area (Å²) < 4.78 is 4.92. The van der Waals surface area contributed by atoms with Crippen molar-refractivity contribution in [1.82, 2.24) is 4.98 Å². The van der Waals surface area contributed by atoms with E-state index < -0.39 is 12.0 Å². The number of esters is 1. The number of carbonyl (C=O) groups is 2. The van der Waals surface area contributed by atoms with Crippen LogP contribution in [0.25, 0.3) is 0 Å². The first-order chi connectivity index (χ1) is 10.6. The maximum absolute atomic E-state index is 12.0. The van der Waals surface area contributed by atoms with Crippen LogP contribution in [0, 0.1) is 0 Å². The standard InChI is InChI=1S/C15H14ClN3O3/c1-2-22-14(20)12-7-4-8-17-13(12)19-15(21)18-11-6-3-5-10(16)9-11/h3-9H,2H2,1H3,(H2,17,18,19,21). The van der Waals surface area contributed by atoms with Crippen LogP contribution in [0.1, 0.15) is 17.3 Å². The van der Waals surface area contributed by atoms with Gasteiger partial charge in [0.15, 0.2) is 0 Å². The van der Waals surface area contributed by atoms with Crippen LogP contribution in [0.5, 0.6) is 0 Å². The summed E-state index contributed by atoms with van der Waals surface area (Å²) in [5.41, 5.74) is 0.712. The van der Waals surface area contributed by atoms with Gasteiger partial charge >= 0.3 is 12.0 Å². The fourth-order valence-corrected chi connectivity index (χ4v) is 1.90. The van der Waals surface area contributed by atoms with Crippen LogP contribution in [-0.4, -0.2) is 23.6 Å². The van der Waals surface area contributed by atoms with Gasteiger partial charge in [-0.3, -0.25) is 5.32 Å². The first-order valence-electron chi connectivity index (χ1n) is 6.56. The zero-order chi connectivity index (χ0) is 15.9. The number of aromatic nitrogens is 1. The van der Waals surface area contributed by atoms with Crippen molar-refractivity contribution < 1.29 is 14.3 Å². The molecule has 0 aliphatic rings. The quantitative estimate of drug-likeness (QED) is 0.844. The number of pyridine rings is 1. The first kappa shape index (κ1) is 15.8. The Bertz CT molecular complexity index is 691. The molecule has 0 radical (unpaired) electrons. The molecule has 7 heteroatoms. The average Bonchev–Trinajstić information content (AvgIpc) is 2.48. The van der Waals surface area contributed by atoms with Crippen LogP contribution < -0.4 is 10.6 Å². The molecule has 0 spiro atoms. The minimum atomic E-state index is -0.548. The Morgan fingerprint density at radius 1 is 1.23 bits per heavy atom. The molecule has 2 aromatic rings. The van der Waals surface area contributed by atoms with Crippen molar-refractivity contribution in [1.29, 1.82) is 0 Å². The molecule has 1 aromatic heterocycles.